The first-order chi connectivity index (χ1) is 13.3. The van der Waals surface area contributed by atoms with Crippen molar-refractivity contribution >= 4 is 23.3 Å². The van der Waals surface area contributed by atoms with Crippen molar-refractivity contribution in [2.75, 3.05) is 38.2 Å². The topological polar surface area (TPSA) is 58.6 Å². The molecule has 150 valence electrons. The van der Waals surface area contributed by atoms with Crippen LogP contribution in [0.4, 0.5) is 19.0 Å². The minimum atomic E-state index is -4.52. The van der Waals surface area contributed by atoms with Crippen molar-refractivity contribution in [3.63, 3.8) is 0 Å². The van der Waals surface area contributed by atoms with Crippen molar-refractivity contribution in [3.05, 3.63) is 46.9 Å². The molecule has 0 unspecified atom stereocenters. The Labute approximate surface area is 164 Å². The zero-order chi connectivity index (χ0) is 20.3. The summed E-state index contributed by atoms with van der Waals surface area (Å²) in [7, 11) is 1.51. The van der Waals surface area contributed by atoms with Crippen molar-refractivity contribution in [1.29, 1.82) is 0 Å². The molecule has 1 aliphatic rings. The molecule has 0 radical (unpaired) electrons. The zero-order valence-corrected chi connectivity index (χ0v) is 15.8. The molecule has 2 aromatic rings. The van der Waals surface area contributed by atoms with Gasteiger partial charge in [0.05, 0.1) is 18.6 Å². The Bertz CT molecular complexity index is 855. The molecule has 1 fully saturated rings. The molecule has 0 aliphatic carbocycles. The highest BCUT2D eigenvalue weighted by Gasteiger charge is 2.33. The number of alkyl halides is 3. The van der Waals surface area contributed by atoms with Crippen LogP contribution < -0.4 is 9.64 Å². The minimum absolute atomic E-state index is 0.0699. The Morgan fingerprint density at radius 1 is 1.18 bits per heavy atom. The van der Waals surface area contributed by atoms with Crippen LogP contribution in [-0.2, 0) is 17.4 Å². The fourth-order valence-electron chi connectivity index (χ4n) is 2.97. The Balaban J connectivity index is 1.59. The highest BCUT2D eigenvalue weighted by atomic mass is 35.5. The van der Waals surface area contributed by atoms with Crippen LogP contribution >= 0.6 is 11.6 Å². The van der Waals surface area contributed by atoms with Crippen LogP contribution in [0.1, 0.15) is 11.3 Å². The van der Waals surface area contributed by atoms with Gasteiger partial charge in [-0.2, -0.15) is 13.2 Å². The van der Waals surface area contributed by atoms with Crippen LogP contribution in [0.5, 0.6) is 5.75 Å². The van der Waals surface area contributed by atoms with Crippen LogP contribution in [0.3, 0.4) is 0 Å². The molecule has 0 spiro atoms. The number of carbonyl (C=O) groups excluding carboxylic acids is 1. The lowest BCUT2D eigenvalue weighted by Crippen LogP contribution is -2.49. The molecule has 28 heavy (non-hydrogen) atoms. The number of hydrogen-bond acceptors (Lipinski definition) is 5. The van der Waals surface area contributed by atoms with Gasteiger partial charge in [-0.05, 0) is 17.7 Å². The summed E-state index contributed by atoms with van der Waals surface area (Å²) in [6, 6.07) is 6.10. The third-order valence-corrected chi connectivity index (χ3v) is 4.77. The molecule has 1 aromatic carbocycles. The molecule has 10 heteroatoms. The fourth-order valence-corrected chi connectivity index (χ4v) is 3.25. The first kappa shape index (κ1) is 20.2. The van der Waals surface area contributed by atoms with E-state index in [0.717, 1.165) is 18.0 Å². The Morgan fingerprint density at radius 2 is 1.89 bits per heavy atom. The lowest BCUT2D eigenvalue weighted by atomic mass is 10.1. The first-order valence-electron chi connectivity index (χ1n) is 8.52. The highest BCUT2D eigenvalue weighted by molar-refractivity contribution is 6.32. The van der Waals surface area contributed by atoms with E-state index in [4.69, 9.17) is 16.3 Å². The summed E-state index contributed by atoms with van der Waals surface area (Å²) in [5.41, 5.74) is -0.212. The van der Waals surface area contributed by atoms with E-state index in [1.54, 1.807) is 28.0 Å². The monoisotopic (exact) mass is 414 g/mol. The van der Waals surface area contributed by atoms with Gasteiger partial charge in [-0.15, -0.1) is 0 Å². The fraction of sp³-hybridized carbons (Fsp3) is 0.389. The zero-order valence-electron chi connectivity index (χ0n) is 15.0. The number of rotatable bonds is 4. The number of carbonyl (C=O) groups is 1. The van der Waals surface area contributed by atoms with E-state index in [0.29, 0.717) is 37.0 Å². The second-order valence-corrected chi connectivity index (χ2v) is 6.68. The Morgan fingerprint density at radius 3 is 2.50 bits per heavy atom. The van der Waals surface area contributed by atoms with Crippen molar-refractivity contribution in [2.45, 2.75) is 12.6 Å². The van der Waals surface area contributed by atoms with E-state index in [1.807, 2.05) is 0 Å². The summed E-state index contributed by atoms with van der Waals surface area (Å²) in [4.78, 5) is 23.1. The number of nitrogens with zero attached hydrogens (tertiary/aromatic N) is 4. The third kappa shape index (κ3) is 4.64. The average Bonchev–Trinajstić information content (AvgIpc) is 2.68. The van der Waals surface area contributed by atoms with E-state index in [2.05, 4.69) is 9.97 Å². The Kier molecular flexibility index (Phi) is 5.93. The van der Waals surface area contributed by atoms with Crippen molar-refractivity contribution in [1.82, 2.24) is 14.9 Å². The van der Waals surface area contributed by atoms with Crippen LogP contribution in [0.15, 0.2) is 30.6 Å². The number of halogens is 4. The number of methoxy groups -OCH3 is 1. The molecular formula is C18H18ClF3N4O2. The van der Waals surface area contributed by atoms with Gasteiger partial charge >= 0.3 is 6.18 Å². The molecule has 1 aliphatic heterocycles. The molecule has 0 saturated carbocycles. The summed E-state index contributed by atoms with van der Waals surface area (Å²) in [6.45, 7) is 1.58. The molecule has 0 bridgehead atoms. The SMILES string of the molecule is COc1ccc(CC(=O)N2CCN(c3cc(C(F)(F)F)ncn3)CC2)cc1Cl. The number of benzene rings is 1. The number of piperazine rings is 1. The summed E-state index contributed by atoms with van der Waals surface area (Å²) < 4.78 is 43.5. The average molecular weight is 415 g/mol. The Hall–Kier alpha value is -2.55. The van der Waals surface area contributed by atoms with Crippen LogP contribution in [0.2, 0.25) is 5.02 Å². The summed E-state index contributed by atoms with van der Waals surface area (Å²) >= 11 is 6.08. The molecule has 1 aromatic heterocycles. The van der Waals surface area contributed by atoms with E-state index >= 15 is 0 Å². The largest absolute Gasteiger partial charge is 0.495 e. The number of anilines is 1. The van der Waals surface area contributed by atoms with Crippen molar-refractivity contribution in [2.24, 2.45) is 0 Å². The molecule has 3 rings (SSSR count). The summed E-state index contributed by atoms with van der Waals surface area (Å²) in [5.74, 6) is 0.672. The highest BCUT2D eigenvalue weighted by Crippen LogP contribution is 2.29. The predicted molar refractivity (Wildman–Crippen MR) is 97.5 cm³/mol. The maximum absolute atomic E-state index is 12.8. The van der Waals surface area contributed by atoms with E-state index in [1.165, 1.54) is 7.11 Å². The number of aromatic nitrogens is 2. The second-order valence-electron chi connectivity index (χ2n) is 6.27. The number of hydrogen-bond donors (Lipinski definition) is 0. The summed E-state index contributed by atoms with van der Waals surface area (Å²) in [6.07, 6.45) is -3.42. The van der Waals surface area contributed by atoms with Gasteiger partial charge in [0.15, 0.2) is 0 Å². The predicted octanol–water partition coefficient (Wildman–Crippen LogP) is 3.05. The van der Waals surface area contributed by atoms with Gasteiger partial charge in [-0.3, -0.25) is 4.79 Å². The molecule has 1 saturated heterocycles. The van der Waals surface area contributed by atoms with E-state index in [-0.39, 0.29) is 18.1 Å². The van der Waals surface area contributed by atoms with Gasteiger partial charge in [0.25, 0.3) is 0 Å². The third-order valence-electron chi connectivity index (χ3n) is 4.47. The van der Waals surface area contributed by atoms with Crippen LogP contribution in [0.25, 0.3) is 0 Å². The van der Waals surface area contributed by atoms with Gasteiger partial charge in [0, 0.05) is 32.2 Å². The maximum atomic E-state index is 12.8. The molecule has 0 N–H and O–H groups in total. The standard InChI is InChI=1S/C18H18ClF3N4O2/c1-28-14-3-2-12(8-13(14)19)9-17(27)26-6-4-25(5-7-26)16-10-15(18(20,21)22)23-11-24-16/h2-3,8,10-11H,4-7,9H2,1H3. The van der Waals surface area contributed by atoms with Crippen molar-refractivity contribution in [3.8, 4) is 5.75 Å². The lowest BCUT2D eigenvalue weighted by Gasteiger charge is -2.35. The van der Waals surface area contributed by atoms with Gasteiger partial charge < -0.3 is 14.5 Å². The van der Waals surface area contributed by atoms with Crippen LogP contribution in [0, 0.1) is 0 Å². The number of amides is 1. The normalized spacial score (nSPS) is 14.9. The van der Waals surface area contributed by atoms with Gasteiger partial charge in [-0.1, -0.05) is 17.7 Å². The van der Waals surface area contributed by atoms with E-state index < -0.39 is 11.9 Å². The van der Waals surface area contributed by atoms with Gasteiger partial charge in [-0.25, -0.2) is 9.97 Å². The van der Waals surface area contributed by atoms with Gasteiger partial charge in [0.2, 0.25) is 5.91 Å². The van der Waals surface area contributed by atoms with Gasteiger partial charge in [0.1, 0.15) is 23.6 Å². The number of ether oxygens (including phenoxy) is 1. The first-order valence-corrected chi connectivity index (χ1v) is 8.90. The van der Waals surface area contributed by atoms with E-state index in [9.17, 15) is 18.0 Å². The van der Waals surface area contributed by atoms with Crippen LogP contribution in [-0.4, -0.2) is 54.1 Å². The molecule has 2 heterocycles. The quantitative estimate of drug-likeness (QED) is 0.769. The molecule has 0 atom stereocenters. The smallest absolute Gasteiger partial charge is 0.433 e. The maximum Gasteiger partial charge on any atom is 0.433 e. The molecular weight excluding hydrogens is 397 g/mol. The minimum Gasteiger partial charge on any atom is -0.495 e. The molecule has 1 amide bonds. The lowest BCUT2D eigenvalue weighted by molar-refractivity contribution is -0.141. The summed E-state index contributed by atoms with van der Waals surface area (Å²) in [5, 5.41) is 0.432. The van der Waals surface area contributed by atoms with Crippen molar-refractivity contribution < 1.29 is 22.7 Å². The molecule has 6 nitrogen and oxygen atoms in total. The second kappa shape index (κ2) is 8.22.